The minimum Gasteiger partial charge on any atom is -0.207 e. The van der Waals surface area contributed by atoms with Crippen LogP contribution in [0.3, 0.4) is 0 Å². The summed E-state index contributed by atoms with van der Waals surface area (Å²) in [6.45, 7) is 3.62. The number of hydrogen-bond acceptors (Lipinski definition) is 3. The highest BCUT2D eigenvalue weighted by Crippen LogP contribution is 2.20. The topological polar surface area (TPSA) is 46.2 Å². The molecule has 1 unspecified atom stereocenters. The lowest BCUT2D eigenvalue weighted by Gasteiger charge is -2.09. The van der Waals surface area contributed by atoms with Crippen molar-refractivity contribution in [2.75, 3.05) is 0 Å². The van der Waals surface area contributed by atoms with Gasteiger partial charge in [-0.15, -0.1) is 23.7 Å². The van der Waals surface area contributed by atoms with E-state index in [0.717, 1.165) is 4.88 Å². The summed E-state index contributed by atoms with van der Waals surface area (Å²) in [5.41, 5.74) is 0. The number of terminal acetylenes is 1. The molecule has 1 atom stereocenters. The third-order valence-electron chi connectivity index (χ3n) is 1.76. The second-order valence-corrected chi connectivity index (χ2v) is 6.52. The van der Waals surface area contributed by atoms with Crippen LogP contribution in [0, 0.1) is 19.3 Å². The molecule has 0 saturated heterocycles. The van der Waals surface area contributed by atoms with Crippen LogP contribution in [0.25, 0.3) is 0 Å². The van der Waals surface area contributed by atoms with Crippen LogP contribution in [0.4, 0.5) is 0 Å². The molecule has 82 valence electrons. The van der Waals surface area contributed by atoms with Crippen molar-refractivity contribution >= 4 is 21.4 Å². The number of aryl methyl sites for hydroxylation is 1. The molecule has 0 saturated carbocycles. The van der Waals surface area contributed by atoms with Gasteiger partial charge in [0.1, 0.15) is 4.21 Å². The van der Waals surface area contributed by atoms with Crippen LogP contribution in [0.2, 0.25) is 0 Å². The van der Waals surface area contributed by atoms with Crippen molar-refractivity contribution in [3.63, 3.8) is 0 Å². The predicted molar refractivity (Wildman–Crippen MR) is 62.3 cm³/mol. The highest BCUT2D eigenvalue weighted by molar-refractivity contribution is 7.91. The lowest BCUT2D eigenvalue weighted by atomic mass is 10.3. The Bertz CT molecular complexity index is 468. The maximum atomic E-state index is 11.8. The molecule has 0 aliphatic heterocycles. The van der Waals surface area contributed by atoms with Gasteiger partial charge in [0.15, 0.2) is 0 Å². The Labute approximate surface area is 94.6 Å². The first-order valence-electron chi connectivity index (χ1n) is 4.48. The van der Waals surface area contributed by atoms with Crippen molar-refractivity contribution < 1.29 is 8.42 Å². The molecule has 0 bridgehead atoms. The summed E-state index contributed by atoms with van der Waals surface area (Å²) in [4.78, 5) is 0.972. The second-order valence-electron chi connectivity index (χ2n) is 3.30. The summed E-state index contributed by atoms with van der Waals surface area (Å²) in [5, 5.41) is 0. The molecule has 0 spiro atoms. The first-order valence-corrected chi connectivity index (χ1v) is 6.78. The van der Waals surface area contributed by atoms with Gasteiger partial charge < -0.3 is 0 Å². The van der Waals surface area contributed by atoms with Crippen LogP contribution >= 0.6 is 11.3 Å². The Kier molecular flexibility index (Phi) is 3.91. The van der Waals surface area contributed by atoms with Gasteiger partial charge in [0.05, 0.1) is 0 Å². The summed E-state index contributed by atoms with van der Waals surface area (Å²) in [7, 11) is -3.39. The number of nitrogens with one attached hydrogen (secondary N) is 1. The van der Waals surface area contributed by atoms with Crippen molar-refractivity contribution in [2.45, 2.75) is 30.5 Å². The van der Waals surface area contributed by atoms with Crippen molar-refractivity contribution in [3.05, 3.63) is 17.0 Å². The fraction of sp³-hybridized carbons (Fsp3) is 0.400. The SMILES string of the molecule is C#CCC(C)NS(=O)(=O)c1ccc(C)s1. The van der Waals surface area contributed by atoms with Crippen LogP contribution in [-0.2, 0) is 10.0 Å². The second kappa shape index (κ2) is 4.79. The Morgan fingerprint density at radius 2 is 2.27 bits per heavy atom. The average molecular weight is 243 g/mol. The molecule has 0 fully saturated rings. The van der Waals surface area contributed by atoms with Crippen molar-refractivity contribution in [1.29, 1.82) is 0 Å². The third kappa shape index (κ3) is 3.34. The van der Waals surface area contributed by atoms with Gasteiger partial charge in [-0.1, -0.05) is 0 Å². The van der Waals surface area contributed by atoms with E-state index in [1.165, 1.54) is 11.3 Å². The van der Waals surface area contributed by atoms with E-state index in [9.17, 15) is 8.42 Å². The summed E-state index contributed by atoms with van der Waals surface area (Å²) in [6, 6.07) is 3.15. The van der Waals surface area contributed by atoms with Crippen molar-refractivity contribution in [1.82, 2.24) is 4.72 Å². The third-order valence-corrected chi connectivity index (χ3v) is 4.84. The molecule has 1 aromatic rings. The number of hydrogen-bond donors (Lipinski definition) is 1. The molecular weight excluding hydrogens is 230 g/mol. The highest BCUT2D eigenvalue weighted by Gasteiger charge is 2.18. The molecule has 1 N–H and O–H groups in total. The first kappa shape index (κ1) is 12.2. The molecule has 3 nitrogen and oxygen atoms in total. The zero-order valence-electron chi connectivity index (χ0n) is 8.65. The molecule has 0 radical (unpaired) electrons. The Hall–Kier alpha value is -0.830. The maximum absolute atomic E-state index is 11.8. The largest absolute Gasteiger partial charge is 0.250 e. The highest BCUT2D eigenvalue weighted by atomic mass is 32.2. The quantitative estimate of drug-likeness (QED) is 0.819. The van der Waals surface area contributed by atoms with E-state index in [2.05, 4.69) is 10.6 Å². The zero-order chi connectivity index (χ0) is 11.5. The van der Waals surface area contributed by atoms with Gasteiger partial charge in [-0.3, -0.25) is 0 Å². The van der Waals surface area contributed by atoms with E-state index >= 15 is 0 Å². The molecular formula is C10H13NO2S2. The molecule has 0 aromatic carbocycles. The zero-order valence-corrected chi connectivity index (χ0v) is 10.3. The van der Waals surface area contributed by atoms with E-state index in [-0.39, 0.29) is 6.04 Å². The molecule has 5 heteroatoms. The van der Waals surface area contributed by atoms with Crippen LogP contribution in [-0.4, -0.2) is 14.5 Å². The van der Waals surface area contributed by atoms with Crippen LogP contribution in [0.5, 0.6) is 0 Å². The maximum Gasteiger partial charge on any atom is 0.250 e. The lowest BCUT2D eigenvalue weighted by Crippen LogP contribution is -2.31. The van der Waals surface area contributed by atoms with Crippen LogP contribution in [0.1, 0.15) is 18.2 Å². The van der Waals surface area contributed by atoms with Gasteiger partial charge in [0.25, 0.3) is 0 Å². The smallest absolute Gasteiger partial charge is 0.207 e. The van der Waals surface area contributed by atoms with Crippen molar-refractivity contribution in [3.8, 4) is 12.3 Å². The van der Waals surface area contributed by atoms with Gasteiger partial charge in [-0.05, 0) is 26.0 Å². The Morgan fingerprint density at radius 1 is 1.60 bits per heavy atom. The minimum absolute atomic E-state index is 0.234. The van der Waals surface area contributed by atoms with E-state index in [0.29, 0.717) is 10.6 Å². The molecule has 0 aliphatic rings. The molecule has 0 aliphatic carbocycles. The molecule has 1 heterocycles. The van der Waals surface area contributed by atoms with E-state index in [1.54, 1.807) is 19.1 Å². The van der Waals surface area contributed by atoms with E-state index < -0.39 is 10.0 Å². The molecule has 15 heavy (non-hydrogen) atoms. The van der Waals surface area contributed by atoms with Gasteiger partial charge in [-0.25, -0.2) is 13.1 Å². The monoisotopic (exact) mass is 243 g/mol. The fourth-order valence-corrected chi connectivity index (χ4v) is 3.64. The molecule has 1 rings (SSSR count). The van der Waals surface area contributed by atoms with E-state index in [4.69, 9.17) is 6.42 Å². The number of rotatable bonds is 4. The predicted octanol–water partition coefficient (Wildman–Crippen LogP) is 1.75. The molecule has 1 aromatic heterocycles. The van der Waals surface area contributed by atoms with Gasteiger partial charge in [0, 0.05) is 17.3 Å². The Morgan fingerprint density at radius 3 is 2.73 bits per heavy atom. The van der Waals surface area contributed by atoms with E-state index in [1.807, 2.05) is 6.92 Å². The lowest BCUT2D eigenvalue weighted by molar-refractivity contribution is 0.565. The summed E-state index contributed by atoms with van der Waals surface area (Å²) in [6.07, 6.45) is 5.50. The summed E-state index contributed by atoms with van der Waals surface area (Å²) >= 11 is 1.25. The summed E-state index contributed by atoms with van der Waals surface area (Å²) < 4.78 is 26.4. The Balaban J connectivity index is 2.81. The normalized spacial score (nSPS) is 13.4. The minimum atomic E-state index is -3.39. The standard InChI is InChI=1S/C10H13NO2S2/c1-4-5-8(2)11-15(12,13)10-7-6-9(3)14-10/h1,6-8,11H,5H2,2-3H3. The van der Waals surface area contributed by atoms with Crippen molar-refractivity contribution in [2.24, 2.45) is 0 Å². The van der Waals surface area contributed by atoms with Gasteiger partial charge >= 0.3 is 0 Å². The fourth-order valence-electron chi connectivity index (χ4n) is 1.10. The van der Waals surface area contributed by atoms with Gasteiger partial charge in [-0.2, -0.15) is 0 Å². The number of sulfonamides is 1. The van der Waals surface area contributed by atoms with Crippen LogP contribution < -0.4 is 4.72 Å². The molecule has 0 amide bonds. The average Bonchev–Trinajstić information content (AvgIpc) is 2.51. The number of thiophene rings is 1. The first-order chi connectivity index (χ1) is 6.95. The van der Waals surface area contributed by atoms with Crippen LogP contribution in [0.15, 0.2) is 16.3 Å². The van der Waals surface area contributed by atoms with Gasteiger partial charge in [0.2, 0.25) is 10.0 Å². The summed E-state index contributed by atoms with van der Waals surface area (Å²) in [5.74, 6) is 2.42.